The Balaban J connectivity index is 2.10. The van der Waals surface area contributed by atoms with Crippen LogP contribution in [0.3, 0.4) is 0 Å². The van der Waals surface area contributed by atoms with Crippen molar-refractivity contribution in [3.05, 3.63) is 35.4 Å². The molecule has 1 aromatic rings. The number of sulfone groups is 1. The van der Waals surface area contributed by atoms with Gasteiger partial charge in [-0.05, 0) is 49.8 Å². The predicted molar refractivity (Wildman–Crippen MR) is 83.6 cm³/mol. The van der Waals surface area contributed by atoms with Crippen molar-refractivity contribution in [2.75, 3.05) is 18.1 Å². The summed E-state index contributed by atoms with van der Waals surface area (Å²) in [5.41, 5.74) is 2.59. The van der Waals surface area contributed by atoms with Crippen molar-refractivity contribution in [3.8, 4) is 0 Å². The molecule has 0 radical (unpaired) electrons. The van der Waals surface area contributed by atoms with Crippen LogP contribution in [0.1, 0.15) is 43.4 Å². The first-order valence-corrected chi connectivity index (χ1v) is 9.33. The zero-order valence-electron chi connectivity index (χ0n) is 12.4. The molecule has 0 amide bonds. The van der Waals surface area contributed by atoms with Crippen LogP contribution in [0.4, 0.5) is 0 Å². The molecule has 1 aliphatic rings. The maximum atomic E-state index is 11.6. The van der Waals surface area contributed by atoms with E-state index in [2.05, 4.69) is 43.4 Å². The lowest BCUT2D eigenvalue weighted by molar-refractivity contribution is 0.414. The fourth-order valence-electron chi connectivity index (χ4n) is 3.01. The quantitative estimate of drug-likeness (QED) is 0.878. The standard InChI is InChI=1S/C16H25NO2S/c1-3-9-17-16(15-7-5-4-6-13(15)2)11-14-8-10-20(18,19)12-14/h4-7,14,16-17H,3,8-12H2,1-2H3. The monoisotopic (exact) mass is 295 g/mol. The SMILES string of the molecule is CCCNC(CC1CCS(=O)(=O)C1)c1ccccc1C. The summed E-state index contributed by atoms with van der Waals surface area (Å²) in [6.07, 6.45) is 2.83. The van der Waals surface area contributed by atoms with Gasteiger partial charge in [0.15, 0.2) is 9.84 Å². The Kier molecular flexibility index (Phi) is 5.22. The van der Waals surface area contributed by atoms with Crippen LogP contribution in [-0.2, 0) is 9.84 Å². The molecule has 0 saturated carbocycles. The summed E-state index contributed by atoms with van der Waals surface area (Å²) >= 11 is 0. The van der Waals surface area contributed by atoms with Crippen LogP contribution in [0.25, 0.3) is 0 Å². The summed E-state index contributed by atoms with van der Waals surface area (Å²) in [5.74, 6) is 1.03. The molecule has 1 heterocycles. The van der Waals surface area contributed by atoms with E-state index in [1.165, 1.54) is 11.1 Å². The van der Waals surface area contributed by atoms with Crippen molar-refractivity contribution in [1.82, 2.24) is 5.32 Å². The molecule has 112 valence electrons. The molecular weight excluding hydrogens is 270 g/mol. The molecule has 0 spiro atoms. The third-order valence-electron chi connectivity index (χ3n) is 4.10. The van der Waals surface area contributed by atoms with E-state index >= 15 is 0 Å². The van der Waals surface area contributed by atoms with Gasteiger partial charge >= 0.3 is 0 Å². The average molecular weight is 295 g/mol. The van der Waals surface area contributed by atoms with Gasteiger partial charge in [0.1, 0.15) is 0 Å². The van der Waals surface area contributed by atoms with Crippen LogP contribution in [0.2, 0.25) is 0 Å². The Morgan fingerprint density at radius 1 is 1.35 bits per heavy atom. The lowest BCUT2D eigenvalue weighted by atomic mass is 9.92. The van der Waals surface area contributed by atoms with Gasteiger partial charge in [0, 0.05) is 6.04 Å². The summed E-state index contributed by atoms with van der Waals surface area (Å²) in [6, 6.07) is 8.67. The molecule has 1 N–H and O–H groups in total. The van der Waals surface area contributed by atoms with Crippen LogP contribution in [-0.4, -0.2) is 26.5 Å². The first-order valence-electron chi connectivity index (χ1n) is 7.51. The van der Waals surface area contributed by atoms with Gasteiger partial charge in [-0.2, -0.15) is 0 Å². The highest BCUT2D eigenvalue weighted by atomic mass is 32.2. The normalized spacial score (nSPS) is 22.8. The highest BCUT2D eigenvalue weighted by molar-refractivity contribution is 7.91. The van der Waals surface area contributed by atoms with Gasteiger partial charge < -0.3 is 5.32 Å². The number of nitrogens with one attached hydrogen (secondary N) is 1. The highest BCUT2D eigenvalue weighted by Crippen LogP contribution is 2.30. The molecule has 0 bridgehead atoms. The van der Waals surface area contributed by atoms with Crippen molar-refractivity contribution in [2.45, 2.75) is 39.2 Å². The second-order valence-corrected chi connectivity index (χ2v) is 8.10. The predicted octanol–water partition coefficient (Wildman–Crippen LogP) is 2.86. The van der Waals surface area contributed by atoms with Gasteiger partial charge in [0.2, 0.25) is 0 Å². The first-order chi connectivity index (χ1) is 9.52. The van der Waals surface area contributed by atoms with Crippen LogP contribution < -0.4 is 5.32 Å². The highest BCUT2D eigenvalue weighted by Gasteiger charge is 2.30. The number of hydrogen-bond donors (Lipinski definition) is 1. The van der Waals surface area contributed by atoms with E-state index in [-0.39, 0.29) is 6.04 Å². The summed E-state index contributed by atoms with van der Waals surface area (Å²) in [6.45, 7) is 5.25. The maximum Gasteiger partial charge on any atom is 0.150 e. The average Bonchev–Trinajstić information content (AvgIpc) is 2.75. The minimum absolute atomic E-state index is 0.273. The number of aryl methyl sites for hydroxylation is 1. The molecule has 2 unspecified atom stereocenters. The van der Waals surface area contributed by atoms with Crippen LogP contribution in [0.15, 0.2) is 24.3 Å². The third-order valence-corrected chi connectivity index (χ3v) is 5.94. The van der Waals surface area contributed by atoms with Crippen molar-refractivity contribution in [1.29, 1.82) is 0 Å². The zero-order chi connectivity index (χ0) is 14.6. The van der Waals surface area contributed by atoms with E-state index in [1.54, 1.807) is 0 Å². The molecule has 1 aromatic carbocycles. The number of hydrogen-bond acceptors (Lipinski definition) is 3. The largest absolute Gasteiger partial charge is 0.310 e. The summed E-state index contributed by atoms with van der Waals surface area (Å²) < 4.78 is 23.2. The van der Waals surface area contributed by atoms with E-state index in [0.717, 1.165) is 25.8 Å². The molecule has 1 aliphatic heterocycles. The van der Waals surface area contributed by atoms with E-state index in [4.69, 9.17) is 0 Å². The maximum absolute atomic E-state index is 11.6. The summed E-state index contributed by atoms with van der Waals surface area (Å²) in [4.78, 5) is 0. The van der Waals surface area contributed by atoms with Crippen molar-refractivity contribution < 1.29 is 8.42 Å². The fourth-order valence-corrected chi connectivity index (χ4v) is 4.89. The van der Waals surface area contributed by atoms with E-state index in [9.17, 15) is 8.42 Å². The molecule has 2 atom stereocenters. The smallest absolute Gasteiger partial charge is 0.150 e. The first kappa shape index (κ1) is 15.5. The summed E-state index contributed by atoms with van der Waals surface area (Å²) in [7, 11) is -2.78. The zero-order valence-corrected chi connectivity index (χ0v) is 13.2. The minimum Gasteiger partial charge on any atom is -0.310 e. The Labute approximate surface area is 122 Å². The number of benzene rings is 1. The fraction of sp³-hybridized carbons (Fsp3) is 0.625. The third kappa shape index (κ3) is 4.06. The second-order valence-electron chi connectivity index (χ2n) is 5.87. The van der Waals surface area contributed by atoms with Gasteiger partial charge in [-0.15, -0.1) is 0 Å². The van der Waals surface area contributed by atoms with Crippen LogP contribution >= 0.6 is 0 Å². The van der Waals surface area contributed by atoms with E-state index in [0.29, 0.717) is 17.4 Å². The van der Waals surface area contributed by atoms with Gasteiger partial charge in [0.05, 0.1) is 11.5 Å². The molecule has 1 saturated heterocycles. The molecule has 20 heavy (non-hydrogen) atoms. The van der Waals surface area contributed by atoms with Gasteiger partial charge in [-0.3, -0.25) is 0 Å². The Morgan fingerprint density at radius 2 is 2.10 bits per heavy atom. The second kappa shape index (κ2) is 6.72. The molecule has 1 fully saturated rings. The molecule has 0 aromatic heterocycles. The molecule has 4 heteroatoms. The molecule has 3 nitrogen and oxygen atoms in total. The van der Waals surface area contributed by atoms with Gasteiger partial charge in [0.25, 0.3) is 0 Å². The molecule has 0 aliphatic carbocycles. The Bertz CT molecular complexity index is 539. The van der Waals surface area contributed by atoms with E-state index < -0.39 is 9.84 Å². The lowest BCUT2D eigenvalue weighted by Gasteiger charge is -2.23. The summed E-state index contributed by atoms with van der Waals surface area (Å²) in [5, 5.41) is 3.59. The van der Waals surface area contributed by atoms with Crippen molar-refractivity contribution in [2.24, 2.45) is 5.92 Å². The van der Waals surface area contributed by atoms with E-state index in [1.807, 2.05) is 0 Å². The van der Waals surface area contributed by atoms with Gasteiger partial charge in [-0.1, -0.05) is 31.2 Å². The van der Waals surface area contributed by atoms with Crippen LogP contribution in [0.5, 0.6) is 0 Å². The van der Waals surface area contributed by atoms with Crippen LogP contribution in [0, 0.1) is 12.8 Å². The molecular formula is C16H25NO2S. The minimum atomic E-state index is -2.78. The van der Waals surface area contributed by atoms with Gasteiger partial charge in [-0.25, -0.2) is 8.42 Å². The molecule has 2 rings (SSSR count). The number of rotatable bonds is 6. The van der Waals surface area contributed by atoms with Crippen molar-refractivity contribution >= 4 is 9.84 Å². The Morgan fingerprint density at radius 3 is 2.70 bits per heavy atom. The topological polar surface area (TPSA) is 46.2 Å². The Hall–Kier alpha value is -0.870. The lowest BCUT2D eigenvalue weighted by Crippen LogP contribution is -2.25. The van der Waals surface area contributed by atoms with Crippen molar-refractivity contribution in [3.63, 3.8) is 0 Å².